The van der Waals surface area contributed by atoms with Crippen LogP contribution in [0, 0.1) is 0 Å². The molecule has 7 heteroatoms. The van der Waals surface area contributed by atoms with Gasteiger partial charge in [-0.1, -0.05) is 30.3 Å². The lowest BCUT2D eigenvalue weighted by molar-refractivity contribution is -0.127. The standard InChI is InChI=1S/C21H35N5O2/c1-17(18-8-6-5-7-9-18)26-13-10-19(11-14-26)24-21(22-12-15-28-4)23-16-20(27)25(2)3/h5-9,17,19H,10-16H2,1-4H3,(H2,22,23,24). The van der Waals surface area contributed by atoms with E-state index in [4.69, 9.17) is 4.74 Å². The molecule has 0 radical (unpaired) electrons. The Bertz CT molecular complexity index is 612. The number of carbonyl (C=O) groups excluding carboxylic acids is 1. The highest BCUT2D eigenvalue weighted by molar-refractivity contribution is 5.84. The Morgan fingerprint density at radius 3 is 2.57 bits per heavy atom. The summed E-state index contributed by atoms with van der Waals surface area (Å²) in [6.45, 7) is 5.73. The zero-order valence-electron chi connectivity index (χ0n) is 17.6. The van der Waals surface area contributed by atoms with E-state index >= 15 is 0 Å². The number of methoxy groups -OCH3 is 1. The number of rotatable bonds is 8. The second-order valence-electron chi connectivity index (χ2n) is 7.41. The molecule has 0 aliphatic carbocycles. The van der Waals surface area contributed by atoms with Crippen molar-refractivity contribution in [3.63, 3.8) is 0 Å². The van der Waals surface area contributed by atoms with Gasteiger partial charge in [-0.05, 0) is 25.3 Å². The number of amides is 1. The summed E-state index contributed by atoms with van der Waals surface area (Å²) in [5, 5.41) is 6.75. The van der Waals surface area contributed by atoms with Gasteiger partial charge in [-0.3, -0.25) is 9.69 Å². The molecule has 2 rings (SSSR count). The van der Waals surface area contributed by atoms with Crippen LogP contribution in [0.4, 0.5) is 0 Å². The van der Waals surface area contributed by atoms with Crippen LogP contribution in [-0.2, 0) is 9.53 Å². The summed E-state index contributed by atoms with van der Waals surface area (Å²) in [7, 11) is 5.16. The average molecular weight is 390 g/mol. The molecule has 0 bridgehead atoms. The van der Waals surface area contributed by atoms with Gasteiger partial charge in [0, 0.05) is 52.9 Å². The molecular weight excluding hydrogens is 354 g/mol. The van der Waals surface area contributed by atoms with Crippen LogP contribution in [0.15, 0.2) is 35.3 Å². The van der Waals surface area contributed by atoms with Gasteiger partial charge >= 0.3 is 0 Å². The van der Waals surface area contributed by atoms with Crippen molar-refractivity contribution < 1.29 is 9.53 Å². The zero-order valence-corrected chi connectivity index (χ0v) is 17.6. The highest BCUT2D eigenvalue weighted by atomic mass is 16.5. The predicted octanol–water partition coefficient (Wildman–Crippen LogP) is 1.48. The molecule has 156 valence electrons. The Hall–Kier alpha value is -2.12. The van der Waals surface area contributed by atoms with Crippen LogP contribution in [-0.4, -0.2) is 81.7 Å². The molecule has 1 aliphatic rings. The maximum Gasteiger partial charge on any atom is 0.243 e. The third kappa shape index (κ3) is 7.13. The first-order valence-corrected chi connectivity index (χ1v) is 10.0. The van der Waals surface area contributed by atoms with Gasteiger partial charge in [0.1, 0.15) is 6.54 Å². The molecule has 0 aromatic heterocycles. The molecule has 2 N–H and O–H groups in total. The molecule has 1 aliphatic heterocycles. The maximum absolute atomic E-state index is 11.9. The fraction of sp³-hybridized carbons (Fsp3) is 0.619. The molecule has 1 aromatic carbocycles. The van der Waals surface area contributed by atoms with E-state index in [2.05, 4.69) is 57.8 Å². The van der Waals surface area contributed by atoms with Crippen LogP contribution in [0.3, 0.4) is 0 Å². The van der Waals surface area contributed by atoms with Crippen molar-refractivity contribution in [1.82, 2.24) is 20.4 Å². The first-order chi connectivity index (χ1) is 13.5. The van der Waals surface area contributed by atoms with Gasteiger partial charge in [0.05, 0.1) is 6.61 Å². The Morgan fingerprint density at radius 1 is 1.29 bits per heavy atom. The van der Waals surface area contributed by atoms with Crippen LogP contribution in [0.2, 0.25) is 0 Å². The van der Waals surface area contributed by atoms with Crippen molar-refractivity contribution in [1.29, 1.82) is 0 Å². The normalized spacial score (nSPS) is 17.2. The van der Waals surface area contributed by atoms with Gasteiger partial charge in [0.25, 0.3) is 0 Å². The molecule has 1 amide bonds. The Balaban J connectivity index is 1.87. The number of carbonyl (C=O) groups is 1. The van der Waals surface area contributed by atoms with Gasteiger partial charge in [0.2, 0.25) is 5.91 Å². The van der Waals surface area contributed by atoms with Crippen LogP contribution in [0.1, 0.15) is 31.4 Å². The quantitative estimate of drug-likeness (QED) is 0.400. The summed E-state index contributed by atoms with van der Waals surface area (Å²) < 4.78 is 5.10. The van der Waals surface area contributed by atoms with Crippen molar-refractivity contribution >= 4 is 11.9 Å². The van der Waals surface area contributed by atoms with E-state index in [0.717, 1.165) is 25.9 Å². The third-order valence-corrected chi connectivity index (χ3v) is 5.17. The lowest BCUT2D eigenvalue weighted by Crippen LogP contribution is -2.49. The number of ether oxygens (including phenoxy) is 1. The average Bonchev–Trinajstić information content (AvgIpc) is 2.72. The maximum atomic E-state index is 11.9. The number of hydrogen-bond acceptors (Lipinski definition) is 4. The van der Waals surface area contributed by atoms with E-state index in [9.17, 15) is 4.79 Å². The number of nitrogens with one attached hydrogen (secondary N) is 2. The van der Waals surface area contributed by atoms with Crippen molar-refractivity contribution in [2.24, 2.45) is 4.99 Å². The summed E-state index contributed by atoms with van der Waals surface area (Å²) >= 11 is 0. The van der Waals surface area contributed by atoms with E-state index < -0.39 is 0 Å². The summed E-state index contributed by atoms with van der Waals surface area (Å²) in [5.74, 6) is 0.668. The van der Waals surface area contributed by atoms with Gasteiger partial charge < -0.3 is 20.3 Å². The second-order valence-corrected chi connectivity index (χ2v) is 7.41. The monoisotopic (exact) mass is 389 g/mol. The van der Waals surface area contributed by atoms with Crippen LogP contribution >= 0.6 is 0 Å². The number of likely N-dealkylation sites (N-methyl/N-ethyl adjacent to an activating group) is 1. The van der Waals surface area contributed by atoms with E-state index in [1.54, 1.807) is 26.1 Å². The number of hydrogen-bond donors (Lipinski definition) is 2. The molecule has 1 saturated heterocycles. The number of piperidine rings is 1. The molecule has 28 heavy (non-hydrogen) atoms. The number of guanidine groups is 1. The van der Waals surface area contributed by atoms with Crippen LogP contribution in [0.5, 0.6) is 0 Å². The molecular formula is C21H35N5O2. The first kappa shape index (κ1) is 22.2. The van der Waals surface area contributed by atoms with Crippen LogP contribution in [0.25, 0.3) is 0 Å². The fourth-order valence-corrected chi connectivity index (χ4v) is 3.28. The van der Waals surface area contributed by atoms with Gasteiger partial charge in [0.15, 0.2) is 5.96 Å². The summed E-state index contributed by atoms with van der Waals surface area (Å²) in [5.41, 5.74) is 1.36. The van der Waals surface area contributed by atoms with Crippen molar-refractivity contribution in [2.45, 2.75) is 31.8 Å². The van der Waals surface area contributed by atoms with Gasteiger partial charge in [-0.2, -0.15) is 0 Å². The molecule has 1 aromatic rings. The topological polar surface area (TPSA) is 69.2 Å². The molecule has 7 nitrogen and oxygen atoms in total. The van der Waals surface area contributed by atoms with Crippen molar-refractivity contribution in [2.75, 3.05) is 54.0 Å². The molecule has 0 saturated carbocycles. The van der Waals surface area contributed by atoms with Crippen molar-refractivity contribution in [3.05, 3.63) is 35.9 Å². The Labute approximate surface area is 169 Å². The smallest absolute Gasteiger partial charge is 0.243 e. The molecule has 0 spiro atoms. The first-order valence-electron chi connectivity index (χ1n) is 10.0. The largest absolute Gasteiger partial charge is 0.383 e. The van der Waals surface area contributed by atoms with E-state index in [-0.39, 0.29) is 12.5 Å². The lowest BCUT2D eigenvalue weighted by atomic mass is 10.0. The summed E-state index contributed by atoms with van der Waals surface area (Å²) in [6, 6.07) is 11.4. The SMILES string of the molecule is COCCNC(=NCC(=O)N(C)C)NC1CCN(C(C)c2ccccc2)CC1. The highest BCUT2D eigenvalue weighted by Gasteiger charge is 2.24. The Kier molecular flexibility index (Phi) is 9.23. The van der Waals surface area contributed by atoms with E-state index in [0.29, 0.717) is 31.2 Å². The summed E-state index contributed by atoms with van der Waals surface area (Å²) in [6.07, 6.45) is 2.09. The third-order valence-electron chi connectivity index (χ3n) is 5.17. The molecule has 1 atom stereocenters. The van der Waals surface area contributed by atoms with Crippen molar-refractivity contribution in [3.8, 4) is 0 Å². The summed E-state index contributed by atoms with van der Waals surface area (Å²) in [4.78, 5) is 20.4. The van der Waals surface area contributed by atoms with Crippen LogP contribution < -0.4 is 10.6 Å². The minimum Gasteiger partial charge on any atom is -0.383 e. The Morgan fingerprint density at radius 2 is 1.96 bits per heavy atom. The van der Waals surface area contributed by atoms with E-state index in [1.807, 2.05) is 0 Å². The number of nitrogens with zero attached hydrogens (tertiary/aromatic N) is 3. The number of benzene rings is 1. The highest BCUT2D eigenvalue weighted by Crippen LogP contribution is 2.23. The minimum atomic E-state index is -0.0145. The zero-order chi connectivity index (χ0) is 20.4. The molecule has 1 fully saturated rings. The van der Waals surface area contributed by atoms with Gasteiger partial charge in [-0.25, -0.2) is 4.99 Å². The minimum absolute atomic E-state index is 0.0145. The molecule has 1 heterocycles. The lowest BCUT2D eigenvalue weighted by Gasteiger charge is -2.37. The van der Waals surface area contributed by atoms with E-state index in [1.165, 1.54) is 5.56 Å². The number of aliphatic imine (C=N–C) groups is 1. The predicted molar refractivity (Wildman–Crippen MR) is 113 cm³/mol. The molecule has 1 unspecified atom stereocenters. The van der Waals surface area contributed by atoms with Gasteiger partial charge in [-0.15, -0.1) is 0 Å². The fourth-order valence-electron chi connectivity index (χ4n) is 3.28. The second kappa shape index (κ2) is 11.7. The number of likely N-dealkylation sites (tertiary alicyclic amines) is 1.